The summed E-state index contributed by atoms with van der Waals surface area (Å²) in [6.07, 6.45) is 6.71. The van der Waals surface area contributed by atoms with E-state index in [1.54, 1.807) is 30.6 Å². The first-order chi connectivity index (χ1) is 26.9. The van der Waals surface area contributed by atoms with Crippen LogP contribution in [0.3, 0.4) is 0 Å². The zero-order chi connectivity index (χ0) is 38.7. The maximum absolute atomic E-state index is 12.2. The van der Waals surface area contributed by atoms with E-state index in [1.165, 1.54) is 6.33 Å². The molecule has 0 aliphatic carbocycles. The zero-order valence-corrected chi connectivity index (χ0v) is 31.2. The maximum atomic E-state index is 12.2. The van der Waals surface area contributed by atoms with Gasteiger partial charge in [-0.05, 0) is 31.0 Å². The van der Waals surface area contributed by atoms with Crippen LogP contribution in [0.25, 0.3) is 11.1 Å². The van der Waals surface area contributed by atoms with Crippen LogP contribution in [0.4, 0.5) is 23.6 Å². The SMILES string of the molecule is N=C(c1ccc2oc(N)nc2c1)c1c(N)ncnc1NCCCCNC(=O)CCOCCOCCOCCOCCN1CCN(c2ncc(CN)cn2)CC1. The van der Waals surface area contributed by atoms with E-state index in [1.807, 2.05) is 0 Å². The average molecular weight is 764 g/mol. The highest BCUT2D eigenvalue weighted by Crippen LogP contribution is 2.25. The Bertz CT molecular complexity index is 1770. The third-order valence-electron chi connectivity index (χ3n) is 8.76. The van der Waals surface area contributed by atoms with Crippen LogP contribution in [0.1, 0.15) is 36.0 Å². The molecule has 0 spiro atoms. The van der Waals surface area contributed by atoms with Crippen molar-refractivity contribution in [3.05, 3.63) is 53.6 Å². The number of carbonyl (C=O) groups is 1. The predicted octanol–water partition coefficient (Wildman–Crippen LogP) is 1.03. The monoisotopic (exact) mass is 763 g/mol. The smallest absolute Gasteiger partial charge is 0.292 e. The lowest BCUT2D eigenvalue weighted by Crippen LogP contribution is -2.47. The van der Waals surface area contributed by atoms with Crippen LogP contribution >= 0.6 is 0 Å². The summed E-state index contributed by atoms with van der Waals surface area (Å²) in [6.45, 7) is 9.88. The van der Waals surface area contributed by atoms with E-state index >= 15 is 0 Å². The fraction of sp³-hybridized carbons (Fsp3) is 0.528. The summed E-state index contributed by atoms with van der Waals surface area (Å²) < 4.78 is 27.7. The van der Waals surface area contributed by atoms with E-state index in [0.29, 0.717) is 101 Å². The van der Waals surface area contributed by atoms with Gasteiger partial charge in [0.25, 0.3) is 6.01 Å². The van der Waals surface area contributed by atoms with Crippen molar-refractivity contribution in [2.45, 2.75) is 25.8 Å². The molecule has 3 aromatic heterocycles. The summed E-state index contributed by atoms with van der Waals surface area (Å²) in [5.41, 5.74) is 20.5. The number of fused-ring (bicyclic) bond motifs is 1. The van der Waals surface area contributed by atoms with Gasteiger partial charge in [0.2, 0.25) is 11.9 Å². The number of piperazine rings is 1. The number of amides is 1. The number of carbonyl (C=O) groups excluding carboxylic acids is 1. The van der Waals surface area contributed by atoms with Crippen LogP contribution in [0, 0.1) is 5.41 Å². The van der Waals surface area contributed by atoms with Gasteiger partial charge in [0.1, 0.15) is 23.5 Å². The van der Waals surface area contributed by atoms with Crippen molar-refractivity contribution in [1.82, 2.24) is 35.1 Å². The van der Waals surface area contributed by atoms with Crippen LogP contribution < -0.4 is 32.7 Å². The molecule has 4 aromatic rings. The first kappa shape index (κ1) is 41.1. The van der Waals surface area contributed by atoms with Gasteiger partial charge in [0.05, 0.1) is 64.1 Å². The Balaban J connectivity index is 0.799. The molecule has 298 valence electrons. The minimum atomic E-state index is -0.0719. The van der Waals surface area contributed by atoms with Crippen molar-refractivity contribution in [1.29, 1.82) is 5.41 Å². The first-order valence-corrected chi connectivity index (χ1v) is 18.6. The maximum Gasteiger partial charge on any atom is 0.292 e. The summed E-state index contributed by atoms with van der Waals surface area (Å²) in [7, 11) is 0. The highest BCUT2D eigenvalue weighted by molar-refractivity contribution is 6.17. The molecule has 0 saturated carbocycles. The van der Waals surface area contributed by atoms with Crippen LogP contribution in [-0.2, 0) is 30.3 Å². The van der Waals surface area contributed by atoms with Crippen molar-refractivity contribution in [3.8, 4) is 0 Å². The molecule has 4 heterocycles. The molecule has 1 saturated heterocycles. The van der Waals surface area contributed by atoms with Crippen molar-refractivity contribution in [2.75, 3.05) is 120 Å². The second-order valence-corrected chi connectivity index (χ2v) is 12.7. The van der Waals surface area contributed by atoms with Gasteiger partial charge in [-0.1, -0.05) is 0 Å². The zero-order valence-electron chi connectivity index (χ0n) is 31.2. The van der Waals surface area contributed by atoms with Gasteiger partial charge in [0, 0.05) is 82.3 Å². The lowest BCUT2D eigenvalue weighted by molar-refractivity contribution is -0.122. The number of benzene rings is 1. The Morgan fingerprint density at radius 2 is 1.53 bits per heavy atom. The van der Waals surface area contributed by atoms with E-state index in [0.717, 1.165) is 57.1 Å². The lowest BCUT2D eigenvalue weighted by Gasteiger charge is -2.34. The Morgan fingerprint density at radius 3 is 2.24 bits per heavy atom. The lowest BCUT2D eigenvalue weighted by atomic mass is 10.0. The van der Waals surface area contributed by atoms with E-state index in [4.69, 9.17) is 46.0 Å². The minimum absolute atomic E-state index is 0.0575. The number of anilines is 4. The van der Waals surface area contributed by atoms with Crippen molar-refractivity contribution in [3.63, 3.8) is 0 Å². The molecule has 1 amide bonds. The fourth-order valence-corrected chi connectivity index (χ4v) is 5.71. The molecule has 1 aliphatic rings. The van der Waals surface area contributed by atoms with Crippen molar-refractivity contribution >= 4 is 46.3 Å². The molecule has 5 rings (SSSR count). The number of aromatic nitrogens is 5. The van der Waals surface area contributed by atoms with Crippen molar-refractivity contribution < 1.29 is 28.2 Å². The Hall–Kier alpha value is -5.05. The summed E-state index contributed by atoms with van der Waals surface area (Å²) in [5, 5.41) is 14.9. The highest BCUT2D eigenvalue weighted by Gasteiger charge is 2.19. The molecule has 0 unspecified atom stereocenters. The van der Waals surface area contributed by atoms with Gasteiger partial charge in [0.15, 0.2) is 5.58 Å². The van der Waals surface area contributed by atoms with Crippen LogP contribution in [0.15, 0.2) is 41.3 Å². The molecule has 9 N–H and O–H groups in total. The molecular formula is C36H53N13O6. The molecule has 19 heteroatoms. The number of unbranched alkanes of at least 4 members (excludes halogenated alkanes) is 1. The van der Waals surface area contributed by atoms with Gasteiger partial charge < -0.3 is 56.1 Å². The molecule has 1 aromatic carbocycles. The third kappa shape index (κ3) is 13.3. The number of hydrogen-bond donors (Lipinski definition) is 6. The average Bonchev–Trinajstić information content (AvgIpc) is 3.58. The Labute approximate surface area is 320 Å². The van der Waals surface area contributed by atoms with Gasteiger partial charge in [-0.3, -0.25) is 15.1 Å². The second-order valence-electron chi connectivity index (χ2n) is 12.7. The number of nitrogens with zero attached hydrogens (tertiary/aromatic N) is 7. The number of nitrogen functional groups attached to an aromatic ring is 2. The molecule has 19 nitrogen and oxygen atoms in total. The normalized spacial score (nSPS) is 13.4. The van der Waals surface area contributed by atoms with Crippen LogP contribution in [0.5, 0.6) is 0 Å². The predicted molar refractivity (Wildman–Crippen MR) is 208 cm³/mol. The summed E-state index contributed by atoms with van der Waals surface area (Å²) in [6, 6.07) is 5.20. The Kier molecular flexibility index (Phi) is 16.7. The number of nitrogens with one attached hydrogen (secondary N) is 3. The molecule has 0 radical (unpaired) electrons. The molecule has 1 aliphatic heterocycles. The quantitative estimate of drug-likeness (QED) is 0.0407. The van der Waals surface area contributed by atoms with Crippen LogP contribution in [-0.4, -0.2) is 140 Å². The highest BCUT2D eigenvalue weighted by atomic mass is 16.6. The summed E-state index contributed by atoms with van der Waals surface area (Å²) in [4.78, 5) is 38.1. The number of nitrogens with two attached hydrogens (primary N) is 3. The van der Waals surface area contributed by atoms with Crippen molar-refractivity contribution in [2.24, 2.45) is 5.73 Å². The molecule has 1 fully saturated rings. The minimum Gasteiger partial charge on any atom is -0.424 e. The van der Waals surface area contributed by atoms with Gasteiger partial charge in [-0.25, -0.2) is 19.9 Å². The summed E-state index contributed by atoms with van der Waals surface area (Å²) in [5.74, 6) is 1.32. The van der Waals surface area contributed by atoms with Gasteiger partial charge in [-0.15, -0.1) is 0 Å². The molecular weight excluding hydrogens is 710 g/mol. The van der Waals surface area contributed by atoms with E-state index in [2.05, 4.69) is 45.4 Å². The number of rotatable bonds is 25. The largest absolute Gasteiger partial charge is 0.424 e. The number of oxazole rings is 1. The van der Waals surface area contributed by atoms with Crippen LogP contribution in [0.2, 0.25) is 0 Å². The van der Waals surface area contributed by atoms with E-state index < -0.39 is 0 Å². The number of ether oxygens (including phenoxy) is 4. The topological polar surface area (TPSA) is 264 Å². The standard InChI is InChI=1S/C36H53N13O6/c37-22-26-23-43-36(44-24-26)49-10-8-48(9-11-49)12-14-52-16-18-54-20-19-53-17-15-51-13-5-30(50)41-6-1-2-7-42-34-31(33(39)45-25-46-34)32(38)27-3-4-29-28(21-27)47-35(40)55-29/h3-4,21,23-25,38H,1-2,5-20,22,37H2,(H2,40,47)(H,41,50)(H3,39,42,45,46). The molecule has 0 atom stereocenters. The number of hydrogen-bond acceptors (Lipinski definition) is 18. The molecule has 0 bridgehead atoms. The third-order valence-corrected chi connectivity index (χ3v) is 8.76. The second kappa shape index (κ2) is 22.4. The Morgan fingerprint density at radius 1 is 0.855 bits per heavy atom. The molecule has 55 heavy (non-hydrogen) atoms. The summed E-state index contributed by atoms with van der Waals surface area (Å²) >= 11 is 0. The van der Waals surface area contributed by atoms with E-state index in [9.17, 15) is 4.79 Å². The fourth-order valence-electron chi connectivity index (χ4n) is 5.71. The van der Waals surface area contributed by atoms with Gasteiger partial charge >= 0.3 is 0 Å². The first-order valence-electron chi connectivity index (χ1n) is 18.6. The van der Waals surface area contributed by atoms with Gasteiger partial charge in [-0.2, -0.15) is 4.98 Å². The van der Waals surface area contributed by atoms with E-state index in [-0.39, 0.29) is 29.9 Å².